The van der Waals surface area contributed by atoms with Gasteiger partial charge in [-0.3, -0.25) is 9.59 Å². The van der Waals surface area contributed by atoms with Crippen molar-refractivity contribution < 1.29 is 39.1 Å². The molecule has 4 aromatic carbocycles. The largest absolute Gasteiger partial charge is 0.493 e. The first-order chi connectivity index (χ1) is 34.5. The summed E-state index contributed by atoms with van der Waals surface area (Å²) in [6.45, 7) is 21.0. The highest BCUT2D eigenvalue weighted by Gasteiger charge is 2.34. The summed E-state index contributed by atoms with van der Waals surface area (Å²) >= 11 is 0. The Morgan fingerprint density at radius 3 is 1.22 bits per heavy atom. The van der Waals surface area contributed by atoms with E-state index in [0.717, 1.165) is 125 Å². The van der Waals surface area contributed by atoms with E-state index in [9.17, 15) is 19.8 Å². The molecule has 0 spiro atoms. The van der Waals surface area contributed by atoms with Gasteiger partial charge in [0, 0.05) is 23.7 Å². The molecule has 0 unspecified atom stereocenters. The third-order valence-electron chi connectivity index (χ3n) is 16.0. The summed E-state index contributed by atoms with van der Waals surface area (Å²) in [5, 5.41) is 30.2. The smallest absolute Gasteiger partial charge is 0.305 e. The number of rotatable bonds is 25. The molecule has 0 bridgehead atoms. The zero-order valence-corrected chi connectivity index (χ0v) is 45.5. The Balaban J connectivity index is 0.000000268. The van der Waals surface area contributed by atoms with Crippen molar-refractivity contribution in [3.05, 3.63) is 141 Å². The summed E-state index contributed by atoms with van der Waals surface area (Å²) < 4.78 is 17.0. The van der Waals surface area contributed by atoms with E-state index in [0.29, 0.717) is 32.7 Å². The number of ether oxygens (including phenoxy) is 3. The number of unbranched alkanes of at least 4 members (excludes halogenated alkanes) is 2. The van der Waals surface area contributed by atoms with Crippen molar-refractivity contribution in [1.82, 2.24) is 0 Å². The highest BCUT2D eigenvalue weighted by molar-refractivity contribution is 5.69. The molecule has 0 aromatic heterocycles. The van der Waals surface area contributed by atoms with Crippen LogP contribution < -0.4 is 9.47 Å². The zero-order chi connectivity index (χ0) is 52.4. The number of aliphatic hydroxyl groups is 2. The minimum Gasteiger partial charge on any atom is -0.493 e. The molecule has 2 fully saturated rings. The lowest BCUT2D eigenvalue weighted by atomic mass is 9.70. The predicted molar refractivity (Wildman–Crippen MR) is 295 cm³/mol. The van der Waals surface area contributed by atoms with Crippen molar-refractivity contribution in [3.8, 4) is 11.5 Å². The normalized spacial score (nSPS) is 15.4. The average Bonchev–Trinajstić information content (AvgIpc) is 4.01. The lowest BCUT2D eigenvalue weighted by molar-refractivity contribution is -0.143. The first-order valence-corrected chi connectivity index (χ1v) is 27.4. The Morgan fingerprint density at radius 1 is 0.528 bits per heavy atom. The van der Waals surface area contributed by atoms with Gasteiger partial charge in [-0.05, 0) is 179 Å². The lowest BCUT2D eigenvalue weighted by Crippen LogP contribution is -2.26. The molecule has 0 atom stereocenters. The Bertz CT molecular complexity index is 2420. The highest BCUT2D eigenvalue weighted by Crippen LogP contribution is 2.43. The van der Waals surface area contributed by atoms with Crippen LogP contribution in [0.1, 0.15) is 206 Å². The van der Waals surface area contributed by atoms with Crippen molar-refractivity contribution in [2.24, 2.45) is 0 Å². The molecule has 0 saturated heterocycles. The van der Waals surface area contributed by atoms with Crippen LogP contribution in [0.3, 0.4) is 0 Å². The van der Waals surface area contributed by atoms with Gasteiger partial charge < -0.3 is 29.5 Å². The maximum Gasteiger partial charge on any atom is 0.305 e. The molecule has 72 heavy (non-hydrogen) atoms. The number of carboxylic acids is 1. The van der Waals surface area contributed by atoms with Crippen LogP contribution in [-0.4, -0.2) is 58.3 Å². The van der Waals surface area contributed by atoms with E-state index in [4.69, 9.17) is 19.3 Å². The second-order valence-electron chi connectivity index (χ2n) is 20.8. The number of hydrogen-bond donors (Lipinski definition) is 3. The van der Waals surface area contributed by atoms with Gasteiger partial charge in [-0.2, -0.15) is 0 Å². The minimum atomic E-state index is -0.758. The van der Waals surface area contributed by atoms with Crippen molar-refractivity contribution in [2.45, 2.75) is 200 Å². The minimum absolute atomic E-state index is 0.0699. The molecule has 8 heteroatoms. The van der Waals surface area contributed by atoms with E-state index in [-0.39, 0.29) is 23.2 Å². The number of carbonyl (C=O) groups is 2. The number of benzene rings is 4. The molecule has 8 nitrogen and oxygen atoms in total. The van der Waals surface area contributed by atoms with Crippen molar-refractivity contribution >= 4 is 24.1 Å². The van der Waals surface area contributed by atoms with Crippen LogP contribution in [-0.2, 0) is 25.2 Å². The van der Waals surface area contributed by atoms with Gasteiger partial charge in [0.2, 0.25) is 0 Å². The van der Waals surface area contributed by atoms with Gasteiger partial charge in [-0.25, -0.2) is 0 Å². The SMILES string of the molecule is CCC(CC)(c1ccc(/C=C/C2(O)CCCC2)c(C)c1)c1ccc(OCCCCC(=O)O)c(C)c1.CCOC(=O)CCCCOc1ccc(C(CC)(CC)c2ccc(/C=C/C3(O)CCCC3)c(C)c2)cc1C. The molecule has 0 heterocycles. The van der Waals surface area contributed by atoms with Crippen LogP contribution in [0.4, 0.5) is 0 Å². The van der Waals surface area contributed by atoms with E-state index in [1.807, 2.05) is 19.1 Å². The number of carboxylic acid groups (broad SMARTS) is 1. The summed E-state index contributed by atoms with van der Waals surface area (Å²) in [5.74, 6) is 0.879. The lowest BCUT2D eigenvalue weighted by Gasteiger charge is -2.34. The molecule has 2 saturated carbocycles. The third kappa shape index (κ3) is 15.2. The average molecular weight is 985 g/mol. The molecule has 3 N–H and O–H groups in total. The molecule has 392 valence electrons. The fourth-order valence-corrected chi connectivity index (χ4v) is 11.1. The van der Waals surface area contributed by atoms with Gasteiger partial charge in [0.05, 0.1) is 31.0 Å². The van der Waals surface area contributed by atoms with Gasteiger partial charge in [-0.1, -0.05) is 138 Å². The van der Waals surface area contributed by atoms with Crippen LogP contribution >= 0.6 is 0 Å². The summed E-state index contributed by atoms with van der Waals surface area (Å²) in [4.78, 5) is 22.2. The second-order valence-corrected chi connectivity index (χ2v) is 20.8. The fraction of sp³-hybridized carbons (Fsp3) is 0.531. The Hall–Kier alpha value is -5.18. The van der Waals surface area contributed by atoms with Crippen LogP contribution in [0.2, 0.25) is 0 Å². The van der Waals surface area contributed by atoms with Gasteiger partial charge >= 0.3 is 11.9 Å². The number of hydrogen-bond acceptors (Lipinski definition) is 7. The molecule has 2 aliphatic rings. The van der Waals surface area contributed by atoms with Gasteiger partial charge in [-0.15, -0.1) is 0 Å². The first kappa shape index (κ1) is 57.7. The van der Waals surface area contributed by atoms with Crippen molar-refractivity contribution in [2.75, 3.05) is 19.8 Å². The topological polar surface area (TPSA) is 123 Å². The Morgan fingerprint density at radius 2 is 0.889 bits per heavy atom. The van der Waals surface area contributed by atoms with Crippen LogP contribution in [0, 0.1) is 27.7 Å². The fourth-order valence-electron chi connectivity index (χ4n) is 11.1. The predicted octanol–water partition coefficient (Wildman–Crippen LogP) is 15.2. The standard InChI is InChI=1S/C33H46O4.C31H42O4/c1-6-33(7-2,28-15-14-27(25(4)23-28)18-21-32(35)19-10-11-20-32)29-16-17-30(26(5)24-29)37-22-12-9-13-31(34)36-8-3;1-5-31(6-2,27-14-15-28(24(4)22-27)35-20-10-7-11-29(32)33)26-13-12-25(23(3)21-26)16-19-30(34)17-8-9-18-30/h14-18,21,23-24,35H,6-13,19-20,22H2,1-5H3;12-16,19,21-22,34H,5-11,17-18,20H2,1-4H3,(H,32,33)/b21-18+;19-16+. The van der Waals surface area contributed by atoms with Crippen LogP contribution in [0.5, 0.6) is 11.5 Å². The summed E-state index contributed by atoms with van der Waals surface area (Å²) in [7, 11) is 0. The number of carbonyl (C=O) groups excluding carboxylic acids is 1. The van der Waals surface area contributed by atoms with E-state index in [2.05, 4.69) is 140 Å². The third-order valence-corrected chi connectivity index (χ3v) is 16.0. The molecule has 0 aliphatic heterocycles. The summed E-state index contributed by atoms with van der Waals surface area (Å²) in [5.41, 5.74) is 10.9. The van der Waals surface area contributed by atoms with Crippen molar-refractivity contribution in [3.63, 3.8) is 0 Å². The monoisotopic (exact) mass is 985 g/mol. The van der Waals surface area contributed by atoms with Crippen LogP contribution in [0.25, 0.3) is 12.2 Å². The maximum atomic E-state index is 11.5. The number of esters is 1. The zero-order valence-electron chi connectivity index (χ0n) is 45.5. The van der Waals surface area contributed by atoms with E-state index >= 15 is 0 Å². The number of aryl methyl sites for hydroxylation is 4. The molecular weight excluding hydrogens is 897 g/mol. The van der Waals surface area contributed by atoms with Crippen LogP contribution in [0.15, 0.2) is 84.9 Å². The van der Waals surface area contributed by atoms with Gasteiger partial charge in [0.15, 0.2) is 0 Å². The molecule has 2 aliphatic carbocycles. The highest BCUT2D eigenvalue weighted by atomic mass is 16.5. The van der Waals surface area contributed by atoms with Gasteiger partial charge in [0.1, 0.15) is 11.5 Å². The molecule has 0 radical (unpaired) electrons. The first-order valence-electron chi connectivity index (χ1n) is 27.4. The van der Waals surface area contributed by atoms with E-state index < -0.39 is 17.2 Å². The van der Waals surface area contributed by atoms with E-state index in [1.54, 1.807) is 0 Å². The van der Waals surface area contributed by atoms with Crippen molar-refractivity contribution in [1.29, 1.82) is 0 Å². The number of aliphatic carboxylic acids is 1. The maximum absolute atomic E-state index is 11.5. The Labute approximate surface area is 433 Å². The molecule has 6 rings (SSSR count). The summed E-state index contributed by atoms with van der Waals surface area (Å²) in [6.07, 6.45) is 23.6. The molecule has 4 aromatic rings. The van der Waals surface area contributed by atoms with Gasteiger partial charge in [0.25, 0.3) is 0 Å². The second kappa shape index (κ2) is 27.2. The molecule has 0 amide bonds. The Kier molecular flexibility index (Phi) is 21.8. The van der Waals surface area contributed by atoms with E-state index in [1.165, 1.54) is 38.9 Å². The molecular formula is C64H88O8. The summed E-state index contributed by atoms with van der Waals surface area (Å²) in [6, 6.07) is 26.7. The quantitative estimate of drug-likeness (QED) is 0.0443.